The Morgan fingerprint density at radius 1 is 1.33 bits per heavy atom. The van der Waals surface area contributed by atoms with E-state index in [-0.39, 0.29) is 5.97 Å². The molecule has 0 unspecified atom stereocenters. The Kier molecular flexibility index (Phi) is 8.19. The van der Waals surface area contributed by atoms with Crippen molar-refractivity contribution in [2.75, 3.05) is 6.61 Å². The van der Waals surface area contributed by atoms with Crippen molar-refractivity contribution in [1.29, 1.82) is 0 Å². The highest BCUT2D eigenvalue weighted by atomic mass is 16.5. The lowest BCUT2D eigenvalue weighted by Gasteiger charge is -2.01. The maximum atomic E-state index is 10.9. The molecule has 0 aliphatic rings. The maximum Gasteiger partial charge on any atom is 0.305 e. The summed E-state index contributed by atoms with van der Waals surface area (Å²) in [6.07, 6.45) is 6.95. The number of hydrogen-bond acceptors (Lipinski definition) is 2. The highest BCUT2D eigenvalue weighted by Gasteiger charge is 2.00. The Morgan fingerprint density at radius 3 is 2.67 bits per heavy atom. The second-order valence-corrected chi connectivity index (χ2v) is 2.90. The summed E-state index contributed by atoms with van der Waals surface area (Å²) < 4.78 is 4.88. The van der Waals surface area contributed by atoms with Gasteiger partial charge in [-0.1, -0.05) is 33.1 Å². The van der Waals surface area contributed by atoms with Crippen LogP contribution in [0.5, 0.6) is 0 Å². The van der Waals surface area contributed by atoms with E-state index in [9.17, 15) is 4.79 Å². The van der Waals surface area contributed by atoms with Gasteiger partial charge in [0.2, 0.25) is 0 Å². The summed E-state index contributed by atoms with van der Waals surface area (Å²) in [5, 5.41) is 0. The van der Waals surface area contributed by atoms with Crippen LogP contribution in [0.15, 0.2) is 0 Å². The molecule has 0 saturated carbocycles. The summed E-state index contributed by atoms with van der Waals surface area (Å²) >= 11 is 0. The number of esters is 1. The van der Waals surface area contributed by atoms with Gasteiger partial charge >= 0.3 is 5.97 Å². The van der Waals surface area contributed by atoms with Crippen molar-refractivity contribution in [2.24, 2.45) is 0 Å². The SMILES string of the molecule is C[CH]COC(=O)CCCCCC. The summed E-state index contributed by atoms with van der Waals surface area (Å²) in [6, 6.07) is 0. The van der Waals surface area contributed by atoms with Crippen LogP contribution in [0.4, 0.5) is 0 Å². The van der Waals surface area contributed by atoms with Gasteiger partial charge in [-0.25, -0.2) is 0 Å². The number of rotatable bonds is 7. The van der Waals surface area contributed by atoms with Crippen molar-refractivity contribution >= 4 is 5.97 Å². The minimum atomic E-state index is -0.0656. The first-order valence-corrected chi connectivity index (χ1v) is 4.74. The highest BCUT2D eigenvalue weighted by Crippen LogP contribution is 2.03. The molecular formula is C10H19O2. The van der Waals surface area contributed by atoms with Gasteiger partial charge in [0.15, 0.2) is 0 Å². The van der Waals surface area contributed by atoms with Crippen molar-refractivity contribution in [2.45, 2.75) is 46.0 Å². The fourth-order valence-electron chi connectivity index (χ4n) is 0.945. The fraction of sp³-hybridized carbons (Fsp3) is 0.800. The van der Waals surface area contributed by atoms with E-state index in [1.54, 1.807) is 0 Å². The molecule has 0 aromatic carbocycles. The molecule has 0 amide bonds. The molecule has 0 aromatic heterocycles. The monoisotopic (exact) mass is 171 g/mol. The summed E-state index contributed by atoms with van der Waals surface area (Å²) in [7, 11) is 0. The molecule has 0 aliphatic carbocycles. The molecule has 2 nitrogen and oxygen atoms in total. The van der Waals surface area contributed by atoms with Crippen LogP contribution >= 0.6 is 0 Å². The Morgan fingerprint density at radius 2 is 2.08 bits per heavy atom. The Bertz CT molecular complexity index is 110. The van der Waals surface area contributed by atoms with Crippen molar-refractivity contribution in [3.05, 3.63) is 6.42 Å². The van der Waals surface area contributed by atoms with Gasteiger partial charge in [-0.3, -0.25) is 4.79 Å². The molecule has 71 valence electrons. The van der Waals surface area contributed by atoms with Crippen LogP contribution in [0.2, 0.25) is 0 Å². The van der Waals surface area contributed by atoms with E-state index in [2.05, 4.69) is 6.92 Å². The predicted octanol–water partition coefficient (Wildman–Crippen LogP) is 2.72. The summed E-state index contributed by atoms with van der Waals surface area (Å²) in [5.74, 6) is -0.0656. The first kappa shape index (κ1) is 11.5. The van der Waals surface area contributed by atoms with E-state index in [1.807, 2.05) is 13.3 Å². The number of carbonyl (C=O) groups excluding carboxylic acids is 1. The van der Waals surface area contributed by atoms with E-state index in [0.29, 0.717) is 13.0 Å². The molecule has 0 atom stereocenters. The average molecular weight is 171 g/mol. The molecular weight excluding hydrogens is 152 g/mol. The molecule has 0 bridgehead atoms. The number of carbonyl (C=O) groups is 1. The van der Waals surface area contributed by atoms with E-state index < -0.39 is 0 Å². The molecule has 0 heterocycles. The fourth-order valence-corrected chi connectivity index (χ4v) is 0.945. The summed E-state index contributed by atoms with van der Waals surface area (Å²) in [6.45, 7) is 4.49. The van der Waals surface area contributed by atoms with Crippen LogP contribution in [0.3, 0.4) is 0 Å². The van der Waals surface area contributed by atoms with Crippen LogP contribution < -0.4 is 0 Å². The zero-order chi connectivity index (χ0) is 9.23. The van der Waals surface area contributed by atoms with Crippen LogP contribution in [0.1, 0.15) is 46.0 Å². The molecule has 1 radical (unpaired) electrons. The lowest BCUT2D eigenvalue weighted by Crippen LogP contribution is -2.04. The van der Waals surface area contributed by atoms with Crippen LogP contribution in [-0.2, 0) is 9.53 Å². The van der Waals surface area contributed by atoms with Crippen LogP contribution in [-0.4, -0.2) is 12.6 Å². The van der Waals surface area contributed by atoms with E-state index >= 15 is 0 Å². The van der Waals surface area contributed by atoms with Crippen molar-refractivity contribution in [3.8, 4) is 0 Å². The second-order valence-electron chi connectivity index (χ2n) is 2.90. The van der Waals surface area contributed by atoms with E-state index in [1.165, 1.54) is 12.8 Å². The molecule has 0 aromatic rings. The van der Waals surface area contributed by atoms with Crippen molar-refractivity contribution in [1.82, 2.24) is 0 Å². The molecule has 0 fully saturated rings. The third-order valence-electron chi connectivity index (χ3n) is 1.65. The third-order valence-corrected chi connectivity index (χ3v) is 1.65. The number of unbranched alkanes of at least 4 members (excludes halogenated alkanes) is 3. The van der Waals surface area contributed by atoms with Gasteiger partial charge in [0.05, 0.1) is 6.61 Å². The predicted molar refractivity (Wildman–Crippen MR) is 49.7 cm³/mol. The first-order chi connectivity index (χ1) is 5.81. The lowest BCUT2D eigenvalue weighted by atomic mass is 10.2. The quantitative estimate of drug-likeness (QED) is 0.435. The minimum Gasteiger partial charge on any atom is -0.465 e. The molecule has 0 aliphatic heterocycles. The number of ether oxygens (including phenoxy) is 1. The molecule has 0 rings (SSSR count). The minimum absolute atomic E-state index is 0.0656. The zero-order valence-corrected chi connectivity index (χ0v) is 8.14. The smallest absolute Gasteiger partial charge is 0.305 e. The van der Waals surface area contributed by atoms with Gasteiger partial charge in [-0.05, 0) is 12.8 Å². The lowest BCUT2D eigenvalue weighted by molar-refractivity contribution is -0.142. The largest absolute Gasteiger partial charge is 0.465 e. The average Bonchev–Trinajstić information content (AvgIpc) is 2.09. The topological polar surface area (TPSA) is 26.3 Å². The maximum absolute atomic E-state index is 10.9. The molecule has 0 N–H and O–H groups in total. The normalized spacial score (nSPS) is 9.83. The number of hydrogen-bond donors (Lipinski definition) is 0. The van der Waals surface area contributed by atoms with E-state index in [4.69, 9.17) is 4.74 Å². The van der Waals surface area contributed by atoms with Gasteiger partial charge in [0, 0.05) is 6.42 Å². The van der Waals surface area contributed by atoms with Crippen LogP contribution in [0, 0.1) is 6.42 Å². The first-order valence-electron chi connectivity index (χ1n) is 4.74. The van der Waals surface area contributed by atoms with E-state index in [0.717, 1.165) is 12.8 Å². The standard InChI is InChI=1S/C10H19O2/c1-3-5-6-7-8-10(11)12-9-4-2/h4H,3,5-9H2,1-2H3. The van der Waals surface area contributed by atoms with Gasteiger partial charge in [-0.15, -0.1) is 0 Å². The molecule has 2 heteroatoms. The zero-order valence-electron chi connectivity index (χ0n) is 8.14. The van der Waals surface area contributed by atoms with Gasteiger partial charge in [-0.2, -0.15) is 0 Å². The van der Waals surface area contributed by atoms with Crippen molar-refractivity contribution < 1.29 is 9.53 Å². The van der Waals surface area contributed by atoms with Gasteiger partial charge < -0.3 is 4.74 Å². The van der Waals surface area contributed by atoms with Crippen LogP contribution in [0.25, 0.3) is 0 Å². The summed E-state index contributed by atoms with van der Waals surface area (Å²) in [4.78, 5) is 10.9. The van der Waals surface area contributed by atoms with Crippen molar-refractivity contribution in [3.63, 3.8) is 0 Å². The highest BCUT2D eigenvalue weighted by molar-refractivity contribution is 5.69. The third kappa shape index (κ3) is 7.58. The van der Waals surface area contributed by atoms with Gasteiger partial charge in [0.25, 0.3) is 0 Å². The Hall–Kier alpha value is -0.530. The molecule has 0 spiro atoms. The van der Waals surface area contributed by atoms with Gasteiger partial charge in [0.1, 0.15) is 0 Å². The summed E-state index contributed by atoms with van der Waals surface area (Å²) in [5.41, 5.74) is 0. The molecule has 0 saturated heterocycles. The second kappa shape index (κ2) is 8.57. The molecule has 12 heavy (non-hydrogen) atoms. The Balaban J connectivity index is 3.08. The Labute approximate surface area is 75.3 Å².